The maximum absolute atomic E-state index is 14.0. The van der Waals surface area contributed by atoms with Crippen LogP contribution in [0.25, 0.3) is 11.1 Å². The summed E-state index contributed by atoms with van der Waals surface area (Å²) in [5, 5.41) is 2.27. The minimum Gasteiger partial charge on any atom is -0.479 e. The van der Waals surface area contributed by atoms with Gasteiger partial charge >= 0.3 is 12.1 Å². The topological polar surface area (TPSA) is 90.9 Å². The molecule has 0 unspecified atom stereocenters. The zero-order chi connectivity index (χ0) is 29.9. The zero-order valence-electron chi connectivity index (χ0n) is 22.4. The molecular weight excluding hydrogens is 546 g/mol. The van der Waals surface area contributed by atoms with E-state index in [1.165, 1.54) is 0 Å². The molecule has 216 valence electrons. The first kappa shape index (κ1) is 29.6. The highest BCUT2D eigenvalue weighted by molar-refractivity contribution is 5.92. The Morgan fingerprint density at radius 1 is 0.878 bits per heavy atom. The van der Waals surface area contributed by atoms with Gasteiger partial charge in [-0.1, -0.05) is 48.5 Å². The van der Waals surface area contributed by atoms with Gasteiger partial charge in [0, 0.05) is 12.0 Å². The Hall–Kier alpha value is -4.41. The molecule has 0 saturated heterocycles. The molecule has 7 nitrogen and oxygen atoms in total. The molecule has 0 fully saturated rings. The number of esters is 1. The predicted molar refractivity (Wildman–Crippen MR) is 139 cm³/mol. The number of hydrogen-bond donors (Lipinski definition) is 1. The zero-order valence-corrected chi connectivity index (χ0v) is 22.4. The Morgan fingerprint density at radius 3 is 1.95 bits per heavy atom. The molecule has 1 aliphatic carbocycles. The van der Waals surface area contributed by atoms with Crippen LogP contribution in [0.15, 0.2) is 54.6 Å². The van der Waals surface area contributed by atoms with Gasteiger partial charge in [0.1, 0.15) is 24.9 Å². The number of benzene rings is 3. The third-order valence-corrected chi connectivity index (χ3v) is 6.25. The lowest BCUT2D eigenvalue weighted by molar-refractivity contribution is -0.156. The Kier molecular flexibility index (Phi) is 8.65. The van der Waals surface area contributed by atoms with Gasteiger partial charge in [-0.25, -0.2) is 13.6 Å². The van der Waals surface area contributed by atoms with Crippen molar-refractivity contribution in [3.05, 3.63) is 89.0 Å². The average Bonchev–Trinajstić information content (AvgIpc) is 3.23. The largest absolute Gasteiger partial charge is 0.479 e. The Labute approximate surface area is 233 Å². The lowest BCUT2D eigenvalue weighted by Crippen LogP contribution is -2.45. The quantitative estimate of drug-likeness (QED) is 0.197. The van der Waals surface area contributed by atoms with E-state index in [-0.39, 0.29) is 18.6 Å². The Bertz CT molecular complexity index is 1410. The van der Waals surface area contributed by atoms with E-state index in [9.17, 15) is 31.9 Å². The molecule has 3 aromatic rings. The van der Waals surface area contributed by atoms with Gasteiger partial charge in [-0.05, 0) is 43.0 Å². The van der Waals surface area contributed by atoms with E-state index >= 15 is 0 Å². The summed E-state index contributed by atoms with van der Waals surface area (Å²) in [5.74, 6) is -10.8. The average molecular weight is 574 g/mol. The van der Waals surface area contributed by atoms with Crippen LogP contribution in [0.4, 0.5) is 22.4 Å². The van der Waals surface area contributed by atoms with E-state index in [1.807, 2.05) is 48.5 Å². The Balaban J connectivity index is 1.47. The molecule has 0 bridgehead atoms. The lowest BCUT2D eigenvalue weighted by Gasteiger charge is -2.23. The summed E-state index contributed by atoms with van der Waals surface area (Å²) in [4.78, 5) is 38.1. The fraction of sp³-hybridized carbons (Fsp3) is 0.300. The SMILES string of the molecule is CC(C)(C)OC(=O)C[C@@H](NC(=O)OCC1c2ccccc2-c2ccccc21)C(=O)COc1c(F)c(F)cc(F)c1F. The maximum Gasteiger partial charge on any atom is 0.407 e. The van der Waals surface area contributed by atoms with Crippen molar-refractivity contribution in [2.45, 2.75) is 44.8 Å². The molecule has 0 saturated carbocycles. The van der Waals surface area contributed by atoms with Crippen molar-refractivity contribution in [1.29, 1.82) is 0 Å². The molecule has 0 heterocycles. The number of amides is 1. The second kappa shape index (κ2) is 12.0. The number of carbonyl (C=O) groups is 3. The smallest absolute Gasteiger partial charge is 0.407 e. The van der Waals surface area contributed by atoms with Crippen molar-refractivity contribution in [2.75, 3.05) is 13.2 Å². The van der Waals surface area contributed by atoms with Crippen LogP contribution in [0.5, 0.6) is 5.75 Å². The van der Waals surface area contributed by atoms with Crippen molar-refractivity contribution in [3.63, 3.8) is 0 Å². The van der Waals surface area contributed by atoms with Gasteiger partial charge in [-0.15, -0.1) is 0 Å². The lowest BCUT2D eigenvalue weighted by atomic mass is 9.98. The minimum absolute atomic E-state index is 0.0106. The highest BCUT2D eigenvalue weighted by Crippen LogP contribution is 2.44. The van der Waals surface area contributed by atoms with E-state index in [2.05, 4.69) is 5.32 Å². The van der Waals surface area contributed by atoms with Gasteiger partial charge in [0.15, 0.2) is 23.2 Å². The van der Waals surface area contributed by atoms with Crippen molar-refractivity contribution in [2.24, 2.45) is 0 Å². The number of hydrogen-bond acceptors (Lipinski definition) is 6. The van der Waals surface area contributed by atoms with Crippen LogP contribution in [0.3, 0.4) is 0 Å². The van der Waals surface area contributed by atoms with Crippen LogP contribution in [0.2, 0.25) is 0 Å². The molecular formula is C30H27F4NO6. The van der Waals surface area contributed by atoms with Gasteiger partial charge in [-0.3, -0.25) is 9.59 Å². The number of rotatable bonds is 9. The molecule has 0 aliphatic heterocycles. The van der Waals surface area contributed by atoms with Crippen molar-refractivity contribution in [3.8, 4) is 16.9 Å². The summed E-state index contributed by atoms with van der Waals surface area (Å²) in [5.41, 5.74) is 2.97. The first-order chi connectivity index (χ1) is 19.4. The number of ether oxygens (including phenoxy) is 3. The number of ketones is 1. The number of fused-ring (bicyclic) bond motifs is 3. The molecule has 4 rings (SSSR count). The standard InChI is InChI=1S/C30H27F4NO6/c1-30(2,3)41-25(37)13-23(24(36)15-39-28-26(33)21(31)12-22(32)27(28)34)35-29(38)40-14-20-18-10-6-4-8-16(18)17-9-5-7-11-19(17)20/h4-12,20,23H,13-15H2,1-3H3,(H,35,38)/t23-/m1/s1. The summed E-state index contributed by atoms with van der Waals surface area (Å²) in [6.07, 6.45) is -1.73. The highest BCUT2D eigenvalue weighted by Gasteiger charge is 2.32. The van der Waals surface area contributed by atoms with E-state index in [4.69, 9.17) is 14.2 Å². The Morgan fingerprint density at radius 2 is 1.41 bits per heavy atom. The number of carbonyl (C=O) groups excluding carboxylic acids is 3. The van der Waals surface area contributed by atoms with Crippen molar-refractivity contribution < 1.29 is 46.2 Å². The molecule has 11 heteroatoms. The van der Waals surface area contributed by atoms with Crippen LogP contribution < -0.4 is 10.1 Å². The third kappa shape index (κ3) is 6.85. The number of nitrogens with one attached hydrogen (secondary N) is 1. The van der Waals surface area contributed by atoms with Crippen molar-refractivity contribution >= 4 is 17.8 Å². The number of alkyl carbamates (subject to hydrolysis) is 1. The van der Waals surface area contributed by atoms with Gasteiger partial charge in [0.05, 0.1) is 6.42 Å². The van der Waals surface area contributed by atoms with Crippen LogP contribution in [-0.4, -0.2) is 42.7 Å². The molecule has 3 aromatic carbocycles. The summed E-state index contributed by atoms with van der Waals surface area (Å²) in [6, 6.07) is 13.7. The monoisotopic (exact) mass is 573 g/mol. The van der Waals surface area contributed by atoms with Crippen LogP contribution in [-0.2, 0) is 19.1 Å². The van der Waals surface area contributed by atoms with Crippen molar-refractivity contribution in [1.82, 2.24) is 5.32 Å². The summed E-state index contributed by atoms with van der Waals surface area (Å²) in [6.45, 7) is 3.55. The first-order valence-corrected chi connectivity index (χ1v) is 12.7. The molecule has 0 aromatic heterocycles. The van der Waals surface area contributed by atoms with E-state index in [1.54, 1.807) is 20.8 Å². The third-order valence-electron chi connectivity index (χ3n) is 6.25. The fourth-order valence-corrected chi connectivity index (χ4v) is 4.50. The summed E-state index contributed by atoms with van der Waals surface area (Å²) < 4.78 is 70.4. The second-order valence-corrected chi connectivity index (χ2v) is 10.4. The predicted octanol–water partition coefficient (Wildman–Crippen LogP) is 5.83. The maximum atomic E-state index is 14.0. The van der Waals surface area contributed by atoms with Gasteiger partial charge in [-0.2, -0.15) is 8.78 Å². The molecule has 1 amide bonds. The molecule has 1 atom stereocenters. The van der Waals surface area contributed by atoms with Gasteiger partial charge < -0.3 is 19.5 Å². The van der Waals surface area contributed by atoms with E-state index in [0.717, 1.165) is 22.3 Å². The summed E-state index contributed by atoms with van der Waals surface area (Å²) in [7, 11) is 0. The molecule has 0 radical (unpaired) electrons. The summed E-state index contributed by atoms with van der Waals surface area (Å²) >= 11 is 0. The number of Topliss-reactive ketones (excluding diaryl/α,β-unsaturated/α-hetero) is 1. The normalized spacial score (nSPS) is 13.1. The molecule has 41 heavy (non-hydrogen) atoms. The van der Waals surface area contributed by atoms with Crippen LogP contribution in [0, 0.1) is 23.3 Å². The fourth-order valence-electron chi connectivity index (χ4n) is 4.50. The van der Waals surface area contributed by atoms with E-state index in [0.29, 0.717) is 0 Å². The minimum atomic E-state index is -1.84. The van der Waals surface area contributed by atoms with Gasteiger partial charge in [0.25, 0.3) is 0 Å². The van der Waals surface area contributed by atoms with Crippen LogP contribution in [0.1, 0.15) is 44.2 Å². The van der Waals surface area contributed by atoms with Gasteiger partial charge in [0.2, 0.25) is 11.6 Å². The van der Waals surface area contributed by atoms with E-state index < -0.39 is 71.5 Å². The first-order valence-electron chi connectivity index (χ1n) is 12.7. The highest BCUT2D eigenvalue weighted by atomic mass is 19.2. The molecule has 0 spiro atoms. The number of halogens is 4. The van der Waals surface area contributed by atoms with Crippen LogP contribution >= 0.6 is 0 Å². The molecule has 1 N–H and O–H groups in total. The second-order valence-electron chi connectivity index (χ2n) is 10.4. The molecule has 1 aliphatic rings.